The van der Waals surface area contributed by atoms with Crippen LogP contribution < -0.4 is 0 Å². The molecule has 0 aliphatic carbocycles. The Morgan fingerprint density at radius 1 is 0.875 bits per heavy atom. The Morgan fingerprint density at radius 3 is 2.17 bits per heavy atom. The minimum atomic E-state index is 0.597. The third-order valence-corrected chi connectivity index (χ3v) is 3.59. The second-order valence-electron chi connectivity index (χ2n) is 5.60. The Labute approximate surface area is 144 Å². The van der Waals surface area contributed by atoms with E-state index in [2.05, 4.69) is 37.1 Å². The van der Waals surface area contributed by atoms with Crippen molar-refractivity contribution in [1.29, 1.82) is 0 Å². The fourth-order valence-electron chi connectivity index (χ4n) is 2.32. The molecule has 0 spiro atoms. The number of benzene rings is 1. The molecular formula is C19H28N2O3. The number of hydrogen-bond donors (Lipinski definition) is 0. The molecule has 132 valence electrons. The number of rotatable bonds is 12. The normalized spacial score (nSPS) is 11.1. The van der Waals surface area contributed by atoms with Crippen molar-refractivity contribution in [3.63, 3.8) is 0 Å². The van der Waals surface area contributed by atoms with E-state index in [9.17, 15) is 0 Å². The molecular weight excluding hydrogens is 304 g/mol. The van der Waals surface area contributed by atoms with Gasteiger partial charge in [-0.1, -0.05) is 37.3 Å². The molecule has 2 rings (SSSR count). The second-order valence-corrected chi connectivity index (χ2v) is 5.60. The summed E-state index contributed by atoms with van der Waals surface area (Å²) in [5, 5.41) is 4.64. The highest BCUT2D eigenvalue weighted by molar-refractivity contribution is 5.58. The Morgan fingerprint density at radius 2 is 1.50 bits per heavy atom. The van der Waals surface area contributed by atoms with Crippen LogP contribution in [0.1, 0.15) is 19.0 Å². The van der Waals surface area contributed by atoms with Crippen LogP contribution in [0.15, 0.2) is 36.4 Å². The minimum Gasteiger partial charge on any atom is -0.379 e. The first-order valence-corrected chi connectivity index (χ1v) is 8.64. The Balaban J connectivity index is 1.60. The van der Waals surface area contributed by atoms with E-state index < -0.39 is 0 Å². The summed E-state index contributed by atoms with van der Waals surface area (Å²) in [5.74, 6) is 0. The number of aromatic nitrogens is 2. The molecule has 0 unspecified atom stereocenters. The van der Waals surface area contributed by atoms with Crippen LogP contribution in [0.3, 0.4) is 0 Å². The van der Waals surface area contributed by atoms with Crippen LogP contribution in [0.5, 0.6) is 0 Å². The maximum atomic E-state index is 5.61. The van der Waals surface area contributed by atoms with Gasteiger partial charge in [-0.25, -0.2) is 0 Å². The van der Waals surface area contributed by atoms with E-state index in [1.807, 2.05) is 22.9 Å². The lowest BCUT2D eigenvalue weighted by atomic mass is 10.1. The van der Waals surface area contributed by atoms with E-state index in [1.54, 1.807) is 0 Å². The smallest absolute Gasteiger partial charge is 0.0925 e. The maximum Gasteiger partial charge on any atom is 0.0925 e. The van der Waals surface area contributed by atoms with Gasteiger partial charge in [0.25, 0.3) is 0 Å². The van der Waals surface area contributed by atoms with E-state index in [0.29, 0.717) is 33.0 Å². The van der Waals surface area contributed by atoms with Gasteiger partial charge >= 0.3 is 0 Å². The van der Waals surface area contributed by atoms with Crippen molar-refractivity contribution in [2.24, 2.45) is 0 Å². The van der Waals surface area contributed by atoms with Crippen molar-refractivity contribution < 1.29 is 14.2 Å². The van der Waals surface area contributed by atoms with E-state index in [0.717, 1.165) is 36.5 Å². The van der Waals surface area contributed by atoms with Gasteiger partial charge in [0.15, 0.2) is 0 Å². The Hall–Kier alpha value is -1.69. The van der Waals surface area contributed by atoms with Crippen molar-refractivity contribution in [2.45, 2.75) is 26.8 Å². The zero-order valence-electron chi connectivity index (χ0n) is 14.7. The van der Waals surface area contributed by atoms with Gasteiger partial charge in [-0.15, -0.1) is 0 Å². The summed E-state index contributed by atoms with van der Waals surface area (Å²) in [5.41, 5.74) is 3.28. The highest BCUT2D eigenvalue weighted by Gasteiger charge is 2.05. The molecule has 1 heterocycles. The maximum absolute atomic E-state index is 5.61. The lowest BCUT2D eigenvalue weighted by Crippen LogP contribution is -2.13. The van der Waals surface area contributed by atoms with Crippen molar-refractivity contribution in [3.05, 3.63) is 42.1 Å². The Bertz CT molecular complexity index is 569. The summed E-state index contributed by atoms with van der Waals surface area (Å²) in [6.45, 7) is 8.82. The number of aryl methyl sites for hydroxylation is 1. The summed E-state index contributed by atoms with van der Waals surface area (Å²) in [6, 6.07) is 12.3. The fourth-order valence-corrected chi connectivity index (χ4v) is 2.32. The molecule has 0 N–H and O–H groups in total. The summed E-state index contributed by atoms with van der Waals surface area (Å²) in [7, 11) is 0. The van der Waals surface area contributed by atoms with Crippen LogP contribution >= 0.6 is 0 Å². The van der Waals surface area contributed by atoms with Gasteiger partial charge in [0.2, 0.25) is 0 Å². The van der Waals surface area contributed by atoms with Gasteiger partial charge in [0.1, 0.15) is 0 Å². The summed E-state index contributed by atoms with van der Waals surface area (Å²) >= 11 is 0. The van der Waals surface area contributed by atoms with E-state index in [1.165, 1.54) is 0 Å². The third-order valence-electron chi connectivity index (χ3n) is 3.59. The monoisotopic (exact) mass is 332 g/mol. The predicted molar refractivity (Wildman–Crippen MR) is 95.1 cm³/mol. The van der Waals surface area contributed by atoms with Crippen molar-refractivity contribution in [3.8, 4) is 11.3 Å². The third kappa shape index (κ3) is 6.43. The van der Waals surface area contributed by atoms with Gasteiger partial charge in [-0.2, -0.15) is 5.10 Å². The quantitative estimate of drug-likeness (QED) is 0.559. The van der Waals surface area contributed by atoms with Crippen LogP contribution in [-0.2, 0) is 20.8 Å². The standard InChI is InChI=1S/C19H28N2O3/c1-3-10-22-12-14-24-15-13-23-11-9-21-17(2)16-19(20-21)18-7-5-4-6-8-18/h4-8,16H,3,9-15H2,1-2H3. The zero-order chi connectivity index (χ0) is 17.0. The Kier molecular flexibility index (Phi) is 8.52. The average Bonchev–Trinajstić information content (AvgIpc) is 2.98. The SMILES string of the molecule is CCCOCCOCCOCCn1nc(-c2ccccc2)cc1C. The summed E-state index contributed by atoms with van der Waals surface area (Å²) in [6.07, 6.45) is 1.04. The molecule has 0 atom stereocenters. The number of ether oxygens (including phenoxy) is 3. The lowest BCUT2D eigenvalue weighted by Gasteiger charge is -2.07. The molecule has 1 aromatic carbocycles. The molecule has 5 nitrogen and oxygen atoms in total. The van der Waals surface area contributed by atoms with Crippen LogP contribution in [0.2, 0.25) is 0 Å². The first-order valence-electron chi connectivity index (χ1n) is 8.64. The van der Waals surface area contributed by atoms with Crippen LogP contribution in [0.4, 0.5) is 0 Å². The largest absolute Gasteiger partial charge is 0.379 e. The second kappa shape index (κ2) is 11.0. The average molecular weight is 332 g/mol. The minimum absolute atomic E-state index is 0.597. The van der Waals surface area contributed by atoms with Gasteiger partial charge in [0.05, 0.1) is 45.3 Å². The van der Waals surface area contributed by atoms with Crippen molar-refractivity contribution in [1.82, 2.24) is 9.78 Å². The molecule has 0 bridgehead atoms. The number of hydrogen-bond acceptors (Lipinski definition) is 4. The van der Waals surface area contributed by atoms with Crippen molar-refractivity contribution in [2.75, 3.05) is 39.6 Å². The lowest BCUT2D eigenvalue weighted by molar-refractivity contribution is 0.0128. The van der Waals surface area contributed by atoms with Crippen molar-refractivity contribution >= 4 is 0 Å². The molecule has 0 radical (unpaired) electrons. The van der Waals surface area contributed by atoms with Crippen LogP contribution in [0, 0.1) is 6.92 Å². The first-order chi connectivity index (χ1) is 11.8. The highest BCUT2D eigenvalue weighted by Crippen LogP contribution is 2.18. The topological polar surface area (TPSA) is 45.5 Å². The molecule has 0 saturated carbocycles. The molecule has 0 aliphatic rings. The zero-order valence-corrected chi connectivity index (χ0v) is 14.7. The molecule has 0 fully saturated rings. The van der Waals surface area contributed by atoms with Gasteiger partial charge in [0, 0.05) is 17.9 Å². The van der Waals surface area contributed by atoms with E-state index in [-0.39, 0.29) is 0 Å². The van der Waals surface area contributed by atoms with E-state index >= 15 is 0 Å². The highest BCUT2D eigenvalue weighted by atomic mass is 16.5. The molecule has 24 heavy (non-hydrogen) atoms. The summed E-state index contributed by atoms with van der Waals surface area (Å²) < 4.78 is 18.4. The van der Waals surface area contributed by atoms with Gasteiger partial charge in [-0.05, 0) is 19.4 Å². The summed E-state index contributed by atoms with van der Waals surface area (Å²) in [4.78, 5) is 0. The van der Waals surface area contributed by atoms with Gasteiger partial charge < -0.3 is 14.2 Å². The molecule has 0 aliphatic heterocycles. The van der Waals surface area contributed by atoms with Crippen LogP contribution in [0.25, 0.3) is 11.3 Å². The molecule has 5 heteroatoms. The molecule has 1 aromatic heterocycles. The van der Waals surface area contributed by atoms with E-state index in [4.69, 9.17) is 14.2 Å². The number of nitrogens with zero attached hydrogens (tertiary/aromatic N) is 2. The molecule has 0 saturated heterocycles. The first kappa shape index (κ1) is 18.6. The van der Waals surface area contributed by atoms with Crippen LogP contribution in [-0.4, -0.2) is 49.4 Å². The molecule has 2 aromatic rings. The fraction of sp³-hybridized carbons (Fsp3) is 0.526. The van der Waals surface area contributed by atoms with Gasteiger partial charge in [-0.3, -0.25) is 4.68 Å². The predicted octanol–water partition coefficient (Wildman–Crippen LogP) is 3.32. The molecule has 0 amide bonds.